The molecule has 1 aliphatic rings. The predicted molar refractivity (Wildman–Crippen MR) is 118 cm³/mol. The molecular formula is C24H29N5O2. The summed E-state index contributed by atoms with van der Waals surface area (Å²) in [5.74, 6) is 1.38. The normalized spacial score (nSPS) is 16.5. The molecule has 162 valence electrons. The number of hydrogen-bond donors (Lipinski definition) is 0. The van der Waals surface area contributed by atoms with E-state index in [1.54, 1.807) is 12.4 Å². The van der Waals surface area contributed by atoms with Gasteiger partial charge >= 0.3 is 0 Å². The summed E-state index contributed by atoms with van der Waals surface area (Å²) in [6.45, 7) is 6.62. The van der Waals surface area contributed by atoms with E-state index in [1.165, 1.54) is 0 Å². The van der Waals surface area contributed by atoms with Crippen molar-refractivity contribution in [2.45, 2.75) is 65.3 Å². The highest BCUT2D eigenvalue weighted by molar-refractivity contribution is 5.96. The Hall–Kier alpha value is -3.09. The fourth-order valence-electron chi connectivity index (χ4n) is 4.32. The Kier molecular flexibility index (Phi) is 6.39. The topological polar surface area (TPSA) is 85.0 Å². The fourth-order valence-corrected chi connectivity index (χ4v) is 4.32. The van der Waals surface area contributed by atoms with E-state index in [9.17, 15) is 4.79 Å². The highest BCUT2D eigenvalue weighted by Gasteiger charge is 2.34. The molecule has 1 saturated heterocycles. The van der Waals surface area contributed by atoms with Crippen LogP contribution in [0.15, 0.2) is 35.2 Å². The first kappa shape index (κ1) is 21.2. The van der Waals surface area contributed by atoms with Crippen LogP contribution < -0.4 is 0 Å². The third kappa shape index (κ3) is 4.22. The smallest absolute Gasteiger partial charge is 0.259 e. The molecule has 0 radical (unpaired) electrons. The Labute approximate surface area is 182 Å². The summed E-state index contributed by atoms with van der Waals surface area (Å²) < 4.78 is 5.35. The van der Waals surface area contributed by atoms with Gasteiger partial charge in [0.15, 0.2) is 0 Å². The molecule has 0 saturated carbocycles. The van der Waals surface area contributed by atoms with Crippen molar-refractivity contribution in [3.8, 4) is 11.1 Å². The van der Waals surface area contributed by atoms with Gasteiger partial charge in [-0.15, -0.1) is 0 Å². The zero-order valence-corrected chi connectivity index (χ0v) is 18.5. The van der Waals surface area contributed by atoms with Crippen LogP contribution in [0.1, 0.15) is 78.9 Å². The highest BCUT2D eigenvalue weighted by atomic mass is 16.5. The molecule has 0 N–H and O–H groups in total. The molecule has 1 amide bonds. The van der Waals surface area contributed by atoms with E-state index in [4.69, 9.17) is 9.51 Å². The van der Waals surface area contributed by atoms with E-state index in [0.29, 0.717) is 24.3 Å². The Morgan fingerprint density at radius 3 is 2.77 bits per heavy atom. The zero-order chi connectivity index (χ0) is 21.8. The lowest BCUT2D eigenvalue weighted by Crippen LogP contribution is -2.39. The van der Waals surface area contributed by atoms with Gasteiger partial charge in [0.2, 0.25) is 0 Å². The summed E-state index contributed by atoms with van der Waals surface area (Å²) in [4.78, 5) is 29.4. The van der Waals surface area contributed by atoms with Crippen LogP contribution in [0.25, 0.3) is 11.1 Å². The van der Waals surface area contributed by atoms with Crippen molar-refractivity contribution in [1.29, 1.82) is 0 Å². The van der Waals surface area contributed by atoms with Gasteiger partial charge in [0, 0.05) is 37.1 Å². The van der Waals surface area contributed by atoms with Crippen LogP contribution in [0.5, 0.6) is 0 Å². The number of likely N-dealkylation sites (tertiary alicyclic amines) is 1. The van der Waals surface area contributed by atoms with Gasteiger partial charge in [-0.1, -0.05) is 19.0 Å². The van der Waals surface area contributed by atoms with E-state index in [1.807, 2.05) is 37.1 Å². The molecular weight excluding hydrogens is 390 g/mol. The lowest BCUT2D eigenvalue weighted by molar-refractivity contribution is 0.0603. The number of amides is 1. The zero-order valence-electron chi connectivity index (χ0n) is 18.5. The summed E-state index contributed by atoms with van der Waals surface area (Å²) in [7, 11) is 0. The number of rotatable bonds is 6. The van der Waals surface area contributed by atoms with Crippen LogP contribution in [0.2, 0.25) is 0 Å². The summed E-state index contributed by atoms with van der Waals surface area (Å²) in [6.07, 6.45) is 10.8. The molecule has 7 heteroatoms. The average molecular weight is 420 g/mol. The van der Waals surface area contributed by atoms with Crippen molar-refractivity contribution >= 4 is 5.91 Å². The second-order valence-electron chi connectivity index (χ2n) is 8.00. The first-order valence-corrected chi connectivity index (χ1v) is 11.2. The summed E-state index contributed by atoms with van der Waals surface area (Å²) in [5.41, 5.74) is 4.22. The van der Waals surface area contributed by atoms with Crippen LogP contribution in [0, 0.1) is 6.92 Å². The van der Waals surface area contributed by atoms with Gasteiger partial charge in [-0.05, 0) is 56.7 Å². The first-order valence-electron chi connectivity index (χ1n) is 11.2. The molecule has 0 aliphatic carbocycles. The lowest BCUT2D eigenvalue weighted by Gasteiger charge is -2.36. The van der Waals surface area contributed by atoms with E-state index < -0.39 is 0 Å². The van der Waals surface area contributed by atoms with Crippen LogP contribution in [0.4, 0.5) is 0 Å². The molecule has 0 aromatic carbocycles. The molecule has 1 atom stereocenters. The molecule has 4 rings (SSSR count). The minimum absolute atomic E-state index is 0.0170. The van der Waals surface area contributed by atoms with Gasteiger partial charge in [-0.3, -0.25) is 9.78 Å². The highest BCUT2D eigenvalue weighted by Crippen LogP contribution is 2.37. The van der Waals surface area contributed by atoms with E-state index >= 15 is 0 Å². The van der Waals surface area contributed by atoms with E-state index in [0.717, 1.165) is 60.4 Å². The van der Waals surface area contributed by atoms with Crippen molar-refractivity contribution in [3.63, 3.8) is 0 Å². The predicted octanol–water partition coefficient (Wildman–Crippen LogP) is 4.72. The maximum atomic E-state index is 13.7. The summed E-state index contributed by atoms with van der Waals surface area (Å²) in [6, 6.07) is 3.83. The minimum atomic E-state index is -0.109. The van der Waals surface area contributed by atoms with Gasteiger partial charge in [0.25, 0.3) is 5.91 Å². The van der Waals surface area contributed by atoms with E-state index in [2.05, 4.69) is 22.0 Å². The number of hydrogen-bond acceptors (Lipinski definition) is 6. The van der Waals surface area contributed by atoms with Crippen LogP contribution >= 0.6 is 0 Å². The van der Waals surface area contributed by atoms with Crippen molar-refractivity contribution in [1.82, 2.24) is 25.0 Å². The fraction of sp³-hybridized carbons (Fsp3) is 0.458. The summed E-state index contributed by atoms with van der Waals surface area (Å²) in [5, 5.41) is 4.10. The first-order chi connectivity index (χ1) is 15.1. The van der Waals surface area contributed by atoms with Crippen molar-refractivity contribution < 1.29 is 9.32 Å². The Bertz CT molecular complexity index is 1050. The molecule has 3 aromatic heterocycles. The number of piperidine rings is 1. The maximum absolute atomic E-state index is 13.7. The minimum Gasteiger partial charge on any atom is -0.361 e. The van der Waals surface area contributed by atoms with Crippen LogP contribution in [-0.2, 0) is 12.8 Å². The van der Waals surface area contributed by atoms with Gasteiger partial charge < -0.3 is 9.42 Å². The second-order valence-corrected chi connectivity index (χ2v) is 8.00. The summed E-state index contributed by atoms with van der Waals surface area (Å²) >= 11 is 0. The SMILES string of the molecule is CCCc1ncc(-c2ccncc2)c([C@H]2CCCCN2C(=O)c2c(CC)noc2C)n1. The largest absolute Gasteiger partial charge is 0.361 e. The molecule has 7 nitrogen and oxygen atoms in total. The number of nitrogens with zero attached hydrogens (tertiary/aromatic N) is 5. The Morgan fingerprint density at radius 2 is 2.03 bits per heavy atom. The third-order valence-corrected chi connectivity index (χ3v) is 5.89. The molecule has 3 aromatic rings. The molecule has 0 bridgehead atoms. The molecule has 0 spiro atoms. The van der Waals surface area contributed by atoms with Crippen LogP contribution in [-0.4, -0.2) is 37.5 Å². The Balaban J connectivity index is 1.79. The number of pyridine rings is 1. The van der Waals surface area contributed by atoms with Crippen molar-refractivity contribution in [3.05, 3.63) is 59.3 Å². The van der Waals surface area contributed by atoms with Crippen molar-refractivity contribution in [2.24, 2.45) is 0 Å². The molecule has 0 unspecified atom stereocenters. The van der Waals surface area contributed by atoms with Gasteiger partial charge in [0.1, 0.15) is 17.1 Å². The van der Waals surface area contributed by atoms with E-state index in [-0.39, 0.29) is 11.9 Å². The van der Waals surface area contributed by atoms with Crippen molar-refractivity contribution in [2.75, 3.05) is 6.54 Å². The number of carbonyl (C=O) groups excluding carboxylic acids is 1. The molecule has 31 heavy (non-hydrogen) atoms. The maximum Gasteiger partial charge on any atom is 0.259 e. The molecule has 4 heterocycles. The van der Waals surface area contributed by atoms with Gasteiger partial charge in [-0.25, -0.2) is 9.97 Å². The number of aryl methyl sites for hydroxylation is 3. The Morgan fingerprint density at radius 1 is 1.23 bits per heavy atom. The average Bonchev–Trinajstić information content (AvgIpc) is 3.20. The second kappa shape index (κ2) is 9.37. The molecule has 1 fully saturated rings. The van der Waals surface area contributed by atoms with Gasteiger partial charge in [-0.2, -0.15) is 0 Å². The van der Waals surface area contributed by atoms with Crippen LogP contribution in [0.3, 0.4) is 0 Å². The third-order valence-electron chi connectivity index (χ3n) is 5.89. The quantitative estimate of drug-likeness (QED) is 0.575. The molecule has 1 aliphatic heterocycles. The van der Waals surface area contributed by atoms with Gasteiger partial charge in [0.05, 0.1) is 17.4 Å². The number of aromatic nitrogens is 4. The number of carbonyl (C=O) groups is 1. The monoisotopic (exact) mass is 419 g/mol. The lowest BCUT2D eigenvalue weighted by atomic mass is 9.93. The standard InChI is InChI=1S/C24H29N5O2/c1-4-8-21-26-15-18(17-10-12-25-13-11-17)23(27-21)20-9-6-7-14-29(20)24(30)22-16(3)31-28-19(22)5-2/h10-13,15,20H,4-9,14H2,1-3H3/t20-/m1/s1.